The summed E-state index contributed by atoms with van der Waals surface area (Å²) >= 11 is 0. The van der Waals surface area contributed by atoms with E-state index in [1.807, 2.05) is 30.3 Å². The van der Waals surface area contributed by atoms with Crippen LogP contribution in [0.3, 0.4) is 0 Å². The Kier molecular flexibility index (Phi) is 4.11. The molecule has 0 aliphatic heterocycles. The molecule has 133 valence electrons. The Balaban J connectivity index is 1.70. The number of hydrogen-bond acceptors (Lipinski definition) is 3. The summed E-state index contributed by atoms with van der Waals surface area (Å²) in [7, 11) is 0.671. The van der Waals surface area contributed by atoms with Crippen LogP contribution >= 0.6 is 0 Å². The van der Waals surface area contributed by atoms with Gasteiger partial charge in [-0.05, 0) is 46.5 Å². The van der Waals surface area contributed by atoms with Crippen LogP contribution < -0.4 is 4.65 Å². The molecule has 5 aromatic rings. The van der Waals surface area contributed by atoms with Crippen LogP contribution in [0.4, 0.5) is 0 Å². The maximum Gasteiger partial charge on any atom is 0.569 e. The highest BCUT2D eigenvalue weighted by molar-refractivity contribution is 6.17. The molecule has 1 aromatic heterocycles. The first-order valence-electron chi connectivity index (χ1n) is 9.07. The Hall–Kier alpha value is -3.50. The summed E-state index contributed by atoms with van der Waals surface area (Å²) in [4.78, 5) is 0. The number of benzene rings is 4. The van der Waals surface area contributed by atoms with Crippen molar-refractivity contribution in [1.29, 1.82) is 0 Å². The molecule has 5 rings (SSSR count). The molecule has 4 aromatic carbocycles. The summed E-state index contributed by atoms with van der Waals surface area (Å²) in [6, 6.07) is 30.6. The molecule has 0 aliphatic carbocycles. The van der Waals surface area contributed by atoms with Gasteiger partial charge in [0.05, 0.1) is 0 Å². The van der Waals surface area contributed by atoms with E-state index < -0.39 is 0 Å². The van der Waals surface area contributed by atoms with Gasteiger partial charge in [0.1, 0.15) is 16.9 Å². The van der Waals surface area contributed by atoms with Gasteiger partial charge in [-0.2, -0.15) is 0 Å². The van der Waals surface area contributed by atoms with Crippen molar-refractivity contribution in [2.24, 2.45) is 0 Å². The van der Waals surface area contributed by atoms with Gasteiger partial charge >= 0.3 is 7.69 Å². The van der Waals surface area contributed by atoms with Gasteiger partial charge < -0.3 is 14.1 Å². The molecule has 0 amide bonds. The minimum atomic E-state index is 0.529. The third-order valence-corrected chi connectivity index (χ3v) is 4.94. The van der Waals surface area contributed by atoms with E-state index in [1.54, 1.807) is 6.07 Å². The van der Waals surface area contributed by atoms with E-state index in [9.17, 15) is 0 Å². The minimum Gasteiger partial charge on any atom is -0.537 e. The Morgan fingerprint density at radius 2 is 1.46 bits per heavy atom. The quantitative estimate of drug-likeness (QED) is 0.409. The van der Waals surface area contributed by atoms with Crippen LogP contribution in [-0.2, 0) is 0 Å². The van der Waals surface area contributed by atoms with Gasteiger partial charge in [0, 0.05) is 16.8 Å². The number of furan rings is 1. The van der Waals surface area contributed by atoms with Crippen LogP contribution in [0, 0.1) is 0 Å². The largest absolute Gasteiger partial charge is 0.569 e. The van der Waals surface area contributed by atoms with E-state index in [0.717, 1.165) is 33.1 Å². The first kappa shape index (κ1) is 16.7. The van der Waals surface area contributed by atoms with Crippen molar-refractivity contribution in [2.75, 3.05) is 0 Å². The predicted molar refractivity (Wildman–Crippen MR) is 113 cm³/mol. The standard InChI is InChI=1S/C24H16BO3/c26-25-28-19-12-13-21-23(15-19)27-22-11-5-10-20(24(21)22)18-9-4-8-17(14-18)16-6-2-1-3-7-16/h1-15,26H. The van der Waals surface area contributed by atoms with E-state index >= 15 is 0 Å². The molecule has 28 heavy (non-hydrogen) atoms. The fraction of sp³-hybridized carbons (Fsp3) is 0. The monoisotopic (exact) mass is 363 g/mol. The molecular weight excluding hydrogens is 347 g/mol. The number of fused-ring (bicyclic) bond motifs is 3. The second-order valence-electron chi connectivity index (χ2n) is 6.61. The fourth-order valence-corrected chi connectivity index (χ4v) is 3.68. The molecule has 0 saturated carbocycles. The second-order valence-corrected chi connectivity index (χ2v) is 6.61. The summed E-state index contributed by atoms with van der Waals surface area (Å²) in [6.45, 7) is 0. The summed E-state index contributed by atoms with van der Waals surface area (Å²) < 4.78 is 11.1. The lowest BCUT2D eigenvalue weighted by molar-refractivity contribution is 0.453. The first-order chi connectivity index (χ1) is 13.8. The van der Waals surface area contributed by atoms with Gasteiger partial charge in [-0.1, -0.05) is 60.7 Å². The zero-order valence-corrected chi connectivity index (χ0v) is 15.0. The predicted octanol–water partition coefficient (Wildman–Crippen LogP) is 5.83. The van der Waals surface area contributed by atoms with Gasteiger partial charge in [-0.3, -0.25) is 0 Å². The summed E-state index contributed by atoms with van der Waals surface area (Å²) in [6.07, 6.45) is 0. The van der Waals surface area contributed by atoms with Crippen molar-refractivity contribution in [3.8, 4) is 28.0 Å². The number of hydrogen-bond donors (Lipinski definition) is 1. The maximum atomic E-state index is 8.87. The van der Waals surface area contributed by atoms with Crippen molar-refractivity contribution < 1.29 is 14.1 Å². The normalized spacial score (nSPS) is 11.0. The SMILES string of the molecule is O[B]Oc1ccc2c(c1)oc1cccc(-c3cccc(-c4ccccc4)c3)c12. The zero-order chi connectivity index (χ0) is 18.9. The third kappa shape index (κ3) is 2.84. The molecule has 0 aliphatic rings. The average molecular weight is 363 g/mol. The van der Waals surface area contributed by atoms with Gasteiger partial charge in [0.2, 0.25) is 0 Å². The average Bonchev–Trinajstić information content (AvgIpc) is 3.12. The van der Waals surface area contributed by atoms with Gasteiger partial charge in [-0.25, -0.2) is 0 Å². The lowest BCUT2D eigenvalue weighted by atomic mass is 9.96. The summed E-state index contributed by atoms with van der Waals surface area (Å²) in [5.74, 6) is 0.529. The van der Waals surface area contributed by atoms with Gasteiger partial charge in [0.15, 0.2) is 0 Å². The molecule has 3 nitrogen and oxygen atoms in total. The molecule has 0 bridgehead atoms. The van der Waals surface area contributed by atoms with Crippen molar-refractivity contribution in [2.45, 2.75) is 0 Å². The van der Waals surface area contributed by atoms with E-state index in [0.29, 0.717) is 13.4 Å². The van der Waals surface area contributed by atoms with Crippen molar-refractivity contribution in [3.05, 3.63) is 91.0 Å². The topological polar surface area (TPSA) is 42.6 Å². The van der Waals surface area contributed by atoms with E-state index in [4.69, 9.17) is 14.1 Å². The van der Waals surface area contributed by atoms with Crippen molar-refractivity contribution >= 4 is 29.6 Å². The smallest absolute Gasteiger partial charge is 0.537 e. The summed E-state index contributed by atoms with van der Waals surface area (Å²) in [5.41, 5.74) is 6.17. The highest BCUT2D eigenvalue weighted by Crippen LogP contribution is 2.38. The molecule has 1 N–H and O–H groups in total. The summed E-state index contributed by atoms with van der Waals surface area (Å²) in [5, 5.41) is 11.0. The minimum absolute atomic E-state index is 0.529. The Bertz CT molecular complexity index is 1280. The van der Waals surface area contributed by atoms with Crippen LogP contribution in [0.5, 0.6) is 5.75 Å². The highest BCUT2D eigenvalue weighted by Gasteiger charge is 2.13. The molecule has 0 atom stereocenters. The highest BCUT2D eigenvalue weighted by atomic mass is 16.5. The Morgan fingerprint density at radius 3 is 2.32 bits per heavy atom. The molecule has 1 radical (unpaired) electrons. The van der Waals surface area contributed by atoms with Crippen LogP contribution in [0.2, 0.25) is 0 Å². The molecule has 4 heteroatoms. The van der Waals surface area contributed by atoms with Crippen LogP contribution in [-0.4, -0.2) is 12.7 Å². The van der Waals surface area contributed by atoms with Gasteiger partial charge in [0.25, 0.3) is 0 Å². The maximum absolute atomic E-state index is 8.87. The lowest BCUT2D eigenvalue weighted by Crippen LogP contribution is -1.98. The molecule has 1 heterocycles. The molecule has 0 spiro atoms. The second kappa shape index (κ2) is 6.91. The van der Waals surface area contributed by atoms with E-state index in [2.05, 4.69) is 54.6 Å². The number of rotatable bonds is 4. The Morgan fingerprint density at radius 1 is 0.679 bits per heavy atom. The van der Waals surface area contributed by atoms with Gasteiger partial charge in [-0.15, -0.1) is 0 Å². The lowest BCUT2D eigenvalue weighted by Gasteiger charge is -2.07. The third-order valence-electron chi connectivity index (χ3n) is 4.94. The van der Waals surface area contributed by atoms with Crippen molar-refractivity contribution in [1.82, 2.24) is 0 Å². The zero-order valence-electron chi connectivity index (χ0n) is 15.0. The first-order valence-corrected chi connectivity index (χ1v) is 9.07. The van der Waals surface area contributed by atoms with Crippen molar-refractivity contribution in [3.63, 3.8) is 0 Å². The molecular formula is C24H16BO3. The van der Waals surface area contributed by atoms with Crippen LogP contribution in [0.25, 0.3) is 44.2 Å². The van der Waals surface area contributed by atoms with E-state index in [1.165, 1.54) is 11.1 Å². The Labute approximate surface area is 163 Å². The van der Waals surface area contributed by atoms with E-state index in [-0.39, 0.29) is 0 Å². The molecule has 0 saturated heterocycles. The molecule has 0 fully saturated rings. The fourth-order valence-electron chi connectivity index (χ4n) is 3.68. The molecule has 0 unspecified atom stereocenters. The van der Waals surface area contributed by atoms with Crippen LogP contribution in [0.1, 0.15) is 0 Å². The van der Waals surface area contributed by atoms with Crippen LogP contribution in [0.15, 0.2) is 95.4 Å².